The lowest BCUT2D eigenvalue weighted by molar-refractivity contribution is -0.138. The predicted octanol–water partition coefficient (Wildman–Crippen LogP) is 7.68. The summed E-state index contributed by atoms with van der Waals surface area (Å²) in [5.74, 6) is -6.52. The molecule has 2 heterocycles. The second kappa shape index (κ2) is 12.0. The van der Waals surface area contributed by atoms with E-state index in [0.29, 0.717) is 38.1 Å². The molecule has 2 aliphatic heterocycles. The lowest BCUT2D eigenvalue weighted by Gasteiger charge is -2.50. The molecule has 3 fully saturated rings. The second-order valence-corrected chi connectivity index (χ2v) is 14.3. The normalized spacial score (nSPS) is 27.2. The van der Waals surface area contributed by atoms with Crippen molar-refractivity contribution >= 4 is 69.8 Å². The van der Waals surface area contributed by atoms with Crippen LogP contribution in [0, 0.1) is 29.5 Å². The van der Waals surface area contributed by atoms with Gasteiger partial charge in [-0.25, -0.2) is 4.39 Å². The van der Waals surface area contributed by atoms with Crippen molar-refractivity contribution in [3.05, 3.63) is 135 Å². The Kier molecular flexibility index (Phi) is 7.78. The molecular formula is C38H27Cl3FN3O5. The van der Waals surface area contributed by atoms with Gasteiger partial charge < -0.3 is 5.11 Å². The highest BCUT2D eigenvalue weighted by atomic mass is 35.5. The minimum atomic E-state index is -1.59. The number of benzene rings is 4. The molecule has 2 N–H and O–H groups in total. The Morgan fingerprint density at radius 1 is 0.780 bits per heavy atom. The number of rotatable bonds is 5. The molecule has 8 rings (SSSR count). The quantitative estimate of drug-likeness (QED) is 0.161. The van der Waals surface area contributed by atoms with Gasteiger partial charge >= 0.3 is 0 Å². The molecule has 4 amide bonds. The number of amides is 4. The number of hydrogen-bond donors (Lipinski definition) is 2. The van der Waals surface area contributed by atoms with Crippen LogP contribution in [0.4, 0.5) is 15.8 Å². The Bertz CT molecular complexity index is 2130. The molecule has 8 nitrogen and oxygen atoms in total. The van der Waals surface area contributed by atoms with E-state index >= 15 is 4.79 Å². The van der Waals surface area contributed by atoms with Crippen molar-refractivity contribution in [2.75, 3.05) is 10.3 Å². The number of hydrogen-bond acceptors (Lipinski definition) is 6. The van der Waals surface area contributed by atoms with E-state index in [1.807, 2.05) is 6.08 Å². The molecule has 4 aliphatic rings. The maximum Gasteiger partial charge on any atom is 0.260 e. The first-order valence-corrected chi connectivity index (χ1v) is 17.1. The SMILES string of the molecule is O=C1[C@@H]2C[C@@H]3C(=CC[C@@H]4C(=O)N(c5ccc(Cl)cc5)C(=O)[C@@H]43)[C@H](c3ccc(O)cc3Cl)[C@]2(c2ccc(Cl)cc2)C(=O)N1Nc1ccc(F)cc1. The lowest BCUT2D eigenvalue weighted by Crippen LogP contribution is -2.53. The molecule has 0 spiro atoms. The third kappa shape index (κ3) is 4.78. The molecule has 0 bridgehead atoms. The smallest absolute Gasteiger partial charge is 0.260 e. The third-order valence-electron chi connectivity index (χ3n) is 10.6. The van der Waals surface area contributed by atoms with Crippen molar-refractivity contribution in [1.82, 2.24) is 5.01 Å². The number of aromatic hydroxyl groups is 1. The first kappa shape index (κ1) is 32.5. The molecule has 2 saturated heterocycles. The number of allylic oxidation sites excluding steroid dienone is 2. The number of phenolic OH excluding ortho intramolecular Hbond substituents is 1. The maximum absolute atomic E-state index is 15.1. The van der Waals surface area contributed by atoms with E-state index in [-0.39, 0.29) is 29.5 Å². The van der Waals surface area contributed by atoms with E-state index in [1.54, 1.807) is 54.6 Å². The Morgan fingerprint density at radius 3 is 2.10 bits per heavy atom. The highest BCUT2D eigenvalue weighted by Crippen LogP contribution is 2.65. The van der Waals surface area contributed by atoms with Gasteiger partial charge in [-0.05, 0) is 103 Å². The third-order valence-corrected chi connectivity index (χ3v) is 11.5. The number of imide groups is 2. The summed E-state index contributed by atoms with van der Waals surface area (Å²) >= 11 is 19.3. The average molecular weight is 731 g/mol. The van der Waals surface area contributed by atoms with Crippen molar-refractivity contribution in [2.45, 2.75) is 24.2 Å². The molecule has 252 valence electrons. The summed E-state index contributed by atoms with van der Waals surface area (Å²) in [7, 11) is 0. The molecule has 50 heavy (non-hydrogen) atoms. The van der Waals surface area contributed by atoms with E-state index in [2.05, 4.69) is 5.43 Å². The molecule has 0 radical (unpaired) electrons. The summed E-state index contributed by atoms with van der Waals surface area (Å²) in [5.41, 5.74) is 3.70. The van der Waals surface area contributed by atoms with Crippen molar-refractivity contribution < 1.29 is 28.7 Å². The zero-order valence-electron chi connectivity index (χ0n) is 26.0. The van der Waals surface area contributed by atoms with Gasteiger partial charge in [0, 0.05) is 21.0 Å². The number of nitrogens with one attached hydrogen (secondary N) is 1. The number of phenols is 1. The van der Waals surface area contributed by atoms with Crippen molar-refractivity contribution in [3.63, 3.8) is 0 Å². The van der Waals surface area contributed by atoms with Crippen LogP contribution in [0.5, 0.6) is 5.75 Å². The van der Waals surface area contributed by atoms with Crippen LogP contribution in [-0.4, -0.2) is 33.7 Å². The minimum absolute atomic E-state index is 0.0709. The van der Waals surface area contributed by atoms with Crippen LogP contribution in [0.15, 0.2) is 103 Å². The standard InChI is InChI=1S/C38H27Cl3FN3O5/c39-20-3-1-19(2-4-20)38-30(35(48)45(37(38)50)43-23-9-7-22(42)8-10-23)18-29-26(33(38)27-14-13-25(46)17-31(27)41)15-16-28-32(29)36(49)44(34(28)47)24-11-5-21(40)6-12-24/h1-15,17,28-30,32-33,43,46H,16,18H2/t28-,29+,30-,32-,33+,38+/m0/s1. The van der Waals surface area contributed by atoms with Crippen molar-refractivity contribution in [2.24, 2.45) is 23.7 Å². The van der Waals surface area contributed by atoms with E-state index in [0.717, 1.165) is 5.01 Å². The molecule has 6 atom stereocenters. The highest BCUT2D eigenvalue weighted by Gasteiger charge is 2.70. The summed E-state index contributed by atoms with van der Waals surface area (Å²) in [6, 6.07) is 22.9. The Morgan fingerprint density at radius 2 is 1.44 bits per heavy atom. The average Bonchev–Trinajstić information content (AvgIpc) is 3.47. The fourth-order valence-corrected chi connectivity index (χ4v) is 9.13. The molecule has 2 aliphatic carbocycles. The number of nitrogens with zero attached hydrogens (tertiary/aromatic N) is 2. The minimum Gasteiger partial charge on any atom is -0.508 e. The lowest BCUT2D eigenvalue weighted by atomic mass is 9.49. The zero-order valence-corrected chi connectivity index (χ0v) is 28.3. The van der Waals surface area contributed by atoms with Crippen LogP contribution < -0.4 is 10.3 Å². The molecule has 4 aromatic rings. The molecule has 0 unspecified atom stereocenters. The topological polar surface area (TPSA) is 107 Å². The van der Waals surface area contributed by atoms with Crippen LogP contribution in [0.25, 0.3) is 0 Å². The van der Waals surface area contributed by atoms with E-state index < -0.39 is 58.5 Å². The highest BCUT2D eigenvalue weighted by molar-refractivity contribution is 6.32. The largest absolute Gasteiger partial charge is 0.508 e. The van der Waals surface area contributed by atoms with E-state index in [9.17, 15) is 23.9 Å². The number of halogens is 4. The molecule has 4 aromatic carbocycles. The summed E-state index contributed by atoms with van der Waals surface area (Å²) in [5, 5.41) is 12.4. The van der Waals surface area contributed by atoms with Crippen molar-refractivity contribution in [1.29, 1.82) is 0 Å². The Hall–Kier alpha value is -4.70. The van der Waals surface area contributed by atoms with Gasteiger partial charge in [-0.3, -0.25) is 29.5 Å². The van der Waals surface area contributed by atoms with Crippen LogP contribution in [-0.2, 0) is 24.6 Å². The van der Waals surface area contributed by atoms with Gasteiger partial charge in [0.25, 0.3) is 11.8 Å². The second-order valence-electron chi connectivity index (χ2n) is 13.1. The zero-order chi connectivity index (χ0) is 35.1. The first-order valence-electron chi connectivity index (χ1n) is 16.0. The fraction of sp³-hybridized carbons (Fsp3) is 0.211. The molecule has 1 saturated carbocycles. The van der Waals surface area contributed by atoms with E-state index in [4.69, 9.17) is 34.8 Å². The number of carbonyl (C=O) groups is 4. The van der Waals surface area contributed by atoms with Gasteiger partial charge in [-0.15, -0.1) is 0 Å². The predicted molar refractivity (Wildman–Crippen MR) is 186 cm³/mol. The first-order chi connectivity index (χ1) is 24.0. The summed E-state index contributed by atoms with van der Waals surface area (Å²) in [4.78, 5) is 59.3. The number of carbonyl (C=O) groups excluding carboxylic acids is 4. The van der Waals surface area contributed by atoms with Crippen LogP contribution >= 0.6 is 34.8 Å². The van der Waals surface area contributed by atoms with Gasteiger partial charge in [0.1, 0.15) is 11.6 Å². The van der Waals surface area contributed by atoms with E-state index in [1.165, 1.54) is 41.3 Å². The van der Waals surface area contributed by atoms with Crippen LogP contribution in [0.3, 0.4) is 0 Å². The molecular weight excluding hydrogens is 704 g/mol. The monoisotopic (exact) mass is 729 g/mol. The van der Waals surface area contributed by atoms with Gasteiger partial charge in [0.2, 0.25) is 11.8 Å². The van der Waals surface area contributed by atoms with Gasteiger partial charge in [-0.2, -0.15) is 5.01 Å². The Balaban J connectivity index is 1.33. The number of anilines is 2. The van der Waals surface area contributed by atoms with Gasteiger partial charge in [0.15, 0.2) is 0 Å². The van der Waals surface area contributed by atoms with Gasteiger partial charge in [0.05, 0.1) is 34.5 Å². The fourth-order valence-electron chi connectivity index (χ4n) is 8.59. The summed E-state index contributed by atoms with van der Waals surface area (Å²) in [6.07, 6.45) is 2.21. The van der Waals surface area contributed by atoms with Crippen LogP contribution in [0.1, 0.15) is 29.9 Å². The van der Waals surface area contributed by atoms with Gasteiger partial charge in [-0.1, -0.05) is 64.7 Å². The van der Waals surface area contributed by atoms with Crippen molar-refractivity contribution in [3.8, 4) is 5.75 Å². The maximum atomic E-state index is 15.1. The number of hydrazine groups is 1. The molecule has 0 aromatic heterocycles. The Labute approximate surface area is 301 Å². The number of fused-ring (bicyclic) bond motifs is 4. The summed E-state index contributed by atoms with van der Waals surface area (Å²) in [6.45, 7) is 0. The van der Waals surface area contributed by atoms with Crippen LogP contribution in [0.2, 0.25) is 15.1 Å². The molecule has 12 heteroatoms. The summed E-state index contributed by atoms with van der Waals surface area (Å²) < 4.78 is 13.8.